The molecule has 0 aliphatic carbocycles. The molecule has 0 heterocycles. The number of nitriles is 1. The predicted octanol–water partition coefficient (Wildman–Crippen LogP) is 1.74. The molecule has 4 nitrogen and oxygen atoms in total. The summed E-state index contributed by atoms with van der Waals surface area (Å²) < 4.78 is 5.04. The topological polar surface area (TPSA) is 79.3 Å². The zero-order valence-corrected chi connectivity index (χ0v) is 9.12. The van der Waals surface area contributed by atoms with Crippen LogP contribution >= 0.6 is 12.4 Å². The van der Waals surface area contributed by atoms with Crippen LogP contribution in [0.3, 0.4) is 0 Å². The maximum atomic E-state index is 9.55. The molecule has 0 aliphatic heterocycles. The van der Waals surface area contributed by atoms with Gasteiger partial charge in [0.2, 0.25) is 0 Å². The Morgan fingerprint density at radius 1 is 1.60 bits per heavy atom. The summed E-state index contributed by atoms with van der Waals surface area (Å²) in [5, 5.41) is 18.1. The fourth-order valence-electron chi connectivity index (χ4n) is 1.28. The third-order valence-electron chi connectivity index (χ3n) is 1.95. The minimum atomic E-state index is -0.517. The van der Waals surface area contributed by atoms with Gasteiger partial charge in [0.15, 0.2) is 0 Å². The van der Waals surface area contributed by atoms with Crippen molar-refractivity contribution in [3.63, 3.8) is 0 Å². The van der Waals surface area contributed by atoms with Gasteiger partial charge in [-0.2, -0.15) is 5.26 Å². The number of methoxy groups -OCH3 is 1. The number of benzene rings is 1. The van der Waals surface area contributed by atoms with Gasteiger partial charge in [0.05, 0.1) is 31.2 Å². The highest BCUT2D eigenvalue weighted by atomic mass is 35.5. The van der Waals surface area contributed by atoms with Gasteiger partial charge in [-0.15, -0.1) is 12.4 Å². The Bertz CT molecular complexity index is 363. The lowest BCUT2D eigenvalue weighted by Crippen LogP contribution is -2.10. The fourth-order valence-corrected chi connectivity index (χ4v) is 1.28. The zero-order chi connectivity index (χ0) is 10.6. The van der Waals surface area contributed by atoms with E-state index in [1.165, 1.54) is 13.2 Å². The zero-order valence-electron chi connectivity index (χ0n) is 8.30. The van der Waals surface area contributed by atoms with Gasteiger partial charge in [-0.1, -0.05) is 6.07 Å². The highest BCUT2D eigenvalue weighted by Gasteiger charge is 2.15. The minimum absolute atomic E-state index is 0. The summed E-state index contributed by atoms with van der Waals surface area (Å²) in [5.74, 6) is 0.569. The van der Waals surface area contributed by atoms with E-state index in [4.69, 9.17) is 15.7 Å². The van der Waals surface area contributed by atoms with Crippen molar-refractivity contribution in [3.05, 3.63) is 23.8 Å². The molecule has 0 saturated heterocycles. The molecule has 0 radical (unpaired) electrons. The van der Waals surface area contributed by atoms with Crippen molar-refractivity contribution >= 4 is 12.4 Å². The minimum Gasteiger partial charge on any atom is -0.507 e. The number of nitrogens with zero attached hydrogens (tertiary/aromatic N) is 1. The second-order valence-electron chi connectivity index (χ2n) is 2.86. The molecule has 0 fully saturated rings. The number of phenolic OH excluding ortho intramolecular Hbond substituents is 1. The molecular formula is C10H13ClN2O2. The maximum Gasteiger partial charge on any atom is 0.127 e. The molecular weight excluding hydrogens is 216 g/mol. The van der Waals surface area contributed by atoms with Crippen molar-refractivity contribution < 1.29 is 9.84 Å². The molecule has 1 aromatic rings. The van der Waals surface area contributed by atoms with Gasteiger partial charge in [-0.05, 0) is 12.1 Å². The largest absolute Gasteiger partial charge is 0.507 e. The van der Waals surface area contributed by atoms with Gasteiger partial charge in [0, 0.05) is 0 Å². The van der Waals surface area contributed by atoms with E-state index >= 15 is 0 Å². The highest BCUT2D eigenvalue weighted by Crippen LogP contribution is 2.33. The van der Waals surface area contributed by atoms with Gasteiger partial charge in [-0.25, -0.2) is 0 Å². The maximum absolute atomic E-state index is 9.55. The highest BCUT2D eigenvalue weighted by molar-refractivity contribution is 5.85. The number of halogens is 1. The summed E-state index contributed by atoms with van der Waals surface area (Å²) >= 11 is 0. The lowest BCUT2D eigenvalue weighted by atomic mass is 10.0. The number of hydrogen-bond acceptors (Lipinski definition) is 4. The molecule has 0 spiro atoms. The van der Waals surface area contributed by atoms with E-state index in [0.717, 1.165) is 0 Å². The van der Waals surface area contributed by atoms with Crippen LogP contribution in [0.5, 0.6) is 11.5 Å². The normalized spacial score (nSPS) is 11.0. The van der Waals surface area contributed by atoms with Crippen LogP contribution in [-0.4, -0.2) is 12.2 Å². The van der Waals surface area contributed by atoms with Crippen LogP contribution in [0, 0.1) is 11.3 Å². The van der Waals surface area contributed by atoms with E-state index in [-0.39, 0.29) is 24.6 Å². The fraction of sp³-hybridized carbons (Fsp3) is 0.300. The second kappa shape index (κ2) is 6.12. The van der Waals surface area contributed by atoms with Crippen LogP contribution in [-0.2, 0) is 0 Å². The van der Waals surface area contributed by atoms with E-state index in [9.17, 15) is 5.11 Å². The lowest BCUT2D eigenvalue weighted by Gasteiger charge is -2.14. The molecule has 3 N–H and O–H groups in total. The Morgan fingerprint density at radius 2 is 2.27 bits per heavy atom. The first-order valence-corrected chi connectivity index (χ1v) is 4.19. The molecule has 0 bridgehead atoms. The number of rotatable bonds is 3. The van der Waals surface area contributed by atoms with Crippen molar-refractivity contribution in [2.75, 3.05) is 7.11 Å². The van der Waals surface area contributed by atoms with Crippen molar-refractivity contribution in [3.8, 4) is 17.6 Å². The summed E-state index contributed by atoms with van der Waals surface area (Å²) in [6, 6.07) is 6.32. The Hall–Kier alpha value is -1.44. The summed E-state index contributed by atoms with van der Waals surface area (Å²) in [6.45, 7) is 0. The smallest absolute Gasteiger partial charge is 0.127 e. The standard InChI is InChI=1S/C10H12N2O2.ClH/c1-14-9-4-2-3-8(13)10(9)7(12)5-6-11;/h2-4,7,13H,5,12H2,1H3;1H/t7-;/m1./s1. The van der Waals surface area contributed by atoms with Gasteiger partial charge in [-0.3, -0.25) is 0 Å². The van der Waals surface area contributed by atoms with E-state index in [2.05, 4.69) is 0 Å². The van der Waals surface area contributed by atoms with E-state index in [1.807, 2.05) is 6.07 Å². The molecule has 1 rings (SSSR count). The molecule has 1 atom stereocenters. The first-order chi connectivity index (χ1) is 6.70. The molecule has 5 heteroatoms. The summed E-state index contributed by atoms with van der Waals surface area (Å²) in [5.41, 5.74) is 6.20. The van der Waals surface area contributed by atoms with E-state index in [0.29, 0.717) is 11.3 Å². The summed E-state index contributed by atoms with van der Waals surface area (Å²) in [6.07, 6.45) is 0.147. The number of ether oxygens (including phenoxy) is 1. The molecule has 0 aliphatic rings. The SMILES string of the molecule is COc1cccc(O)c1[C@H](N)CC#N.Cl. The van der Waals surface area contributed by atoms with Gasteiger partial charge >= 0.3 is 0 Å². The molecule has 0 saturated carbocycles. The van der Waals surface area contributed by atoms with E-state index in [1.54, 1.807) is 12.1 Å². The number of phenols is 1. The van der Waals surface area contributed by atoms with Gasteiger partial charge in [0.1, 0.15) is 11.5 Å². The average Bonchev–Trinajstić information content (AvgIpc) is 2.17. The quantitative estimate of drug-likeness (QED) is 0.826. The van der Waals surface area contributed by atoms with Crippen LogP contribution in [0.2, 0.25) is 0 Å². The molecule has 0 aromatic heterocycles. The van der Waals surface area contributed by atoms with Gasteiger partial charge in [0.25, 0.3) is 0 Å². The van der Waals surface area contributed by atoms with Crippen molar-refractivity contribution in [1.29, 1.82) is 5.26 Å². The summed E-state index contributed by atoms with van der Waals surface area (Å²) in [4.78, 5) is 0. The van der Waals surface area contributed by atoms with E-state index < -0.39 is 6.04 Å². The predicted molar refractivity (Wildman–Crippen MR) is 59.1 cm³/mol. The molecule has 0 unspecified atom stereocenters. The van der Waals surface area contributed by atoms with Crippen LogP contribution in [0.4, 0.5) is 0 Å². The first-order valence-electron chi connectivity index (χ1n) is 4.19. The Balaban J connectivity index is 0.00000196. The van der Waals surface area contributed by atoms with Crippen LogP contribution in [0.25, 0.3) is 0 Å². The molecule has 0 amide bonds. The third-order valence-corrected chi connectivity index (χ3v) is 1.95. The Kier molecular flexibility index (Phi) is 5.53. The Morgan fingerprint density at radius 3 is 2.80 bits per heavy atom. The monoisotopic (exact) mass is 228 g/mol. The second-order valence-corrected chi connectivity index (χ2v) is 2.86. The molecule has 82 valence electrons. The van der Waals surface area contributed by atoms with Crippen LogP contribution < -0.4 is 10.5 Å². The summed E-state index contributed by atoms with van der Waals surface area (Å²) in [7, 11) is 1.50. The molecule has 15 heavy (non-hydrogen) atoms. The van der Waals surface area contributed by atoms with Crippen molar-refractivity contribution in [1.82, 2.24) is 0 Å². The van der Waals surface area contributed by atoms with Crippen LogP contribution in [0.15, 0.2) is 18.2 Å². The molecule has 1 aromatic carbocycles. The van der Waals surface area contributed by atoms with Crippen LogP contribution in [0.1, 0.15) is 18.0 Å². The number of aromatic hydroxyl groups is 1. The first kappa shape index (κ1) is 13.6. The number of nitrogens with two attached hydrogens (primary N) is 1. The third kappa shape index (κ3) is 3.01. The van der Waals surface area contributed by atoms with Crippen molar-refractivity contribution in [2.45, 2.75) is 12.5 Å². The Labute approximate surface area is 94.7 Å². The average molecular weight is 229 g/mol. The van der Waals surface area contributed by atoms with Crippen molar-refractivity contribution in [2.24, 2.45) is 5.73 Å². The number of hydrogen-bond donors (Lipinski definition) is 2. The van der Waals surface area contributed by atoms with Gasteiger partial charge < -0.3 is 15.6 Å². The lowest BCUT2D eigenvalue weighted by molar-refractivity contribution is 0.394.